The van der Waals surface area contributed by atoms with Crippen LogP contribution in [0.25, 0.3) is 0 Å². The molecule has 15 heavy (non-hydrogen) atoms. The van der Waals surface area contributed by atoms with Gasteiger partial charge >= 0.3 is 0 Å². The van der Waals surface area contributed by atoms with Crippen molar-refractivity contribution in [2.24, 2.45) is 5.92 Å². The van der Waals surface area contributed by atoms with Crippen molar-refractivity contribution in [2.45, 2.75) is 6.92 Å². The fraction of sp³-hybridized carbons (Fsp3) is 0.556. The summed E-state index contributed by atoms with van der Waals surface area (Å²) in [6.07, 6.45) is 2.09. The number of hydrogen-bond donors (Lipinski definition) is 2. The highest BCUT2D eigenvalue weighted by molar-refractivity contribution is 7.98. The summed E-state index contributed by atoms with van der Waals surface area (Å²) in [6.45, 7) is 3.01. The Morgan fingerprint density at radius 2 is 2.47 bits per heavy atom. The van der Waals surface area contributed by atoms with Gasteiger partial charge < -0.3 is 11.1 Å². The number of aromatic nitrogens is 1. The molecule has 0 saturated heterocycles. The predicted molar refractivity (Wildman–Crippen MR) is 67.3 cm³/mol. The molecule has 4 nitrogen and oxygen atoms in total. The van der Waals surface area contributed by atoms with Crippen molar-refractivity contribution in [1.82, 2.24) is 4.37 Å². The third-order valence-electron chi connectivity index (χ3n) is 1.89. The Morgan fingerprint density at radius 3 is 3.07 bits per heavy atom. The molecule has 1 heterocycles. The molecule has 1 aromatic heterocycles. The fourth-order valence-corrected chi connectivity index (χ4v) is 2.50. The van der Waals surface area contributed by atoms with E-state index in [-0.39, 0.29) is 0 Å². The molecule has 0 aliphatic carbocycles. The second-order valence-electron chi connectivity index (χ2n) is 3.33. The largest absolute Gasteiger partial charge is 0.382 e. The van der Waals surface area contributed by atoms with Crippen LogP contribution in [0.4, 0.5) is 10.8 Å². The van der Waals surface area contributed by atoms with Gasteiger partial charge in [0.2, 0.25) is 0 Å². The van der Waals surface area contributed by atoms with E-state index in [0.717, 1.165) is 17.3 Å². The van der Waals surface area contributed by atoms with Crippen LogP contribution in [-0.4, -0.2) is 22.9 Å². The minimum atomic E-state index is 0.322. The summed E-state index contributed by atoms with van der Waals surface area (Å²) in [5, 5.41) is 12.8. The summed E-state index contributed by atoms with van der Waals surface area (Å²) in [4.78, 5) is 0. The number of nitrogens with two attached hydrogens (primary N) is 1. The predicted octanol–water partition coefficient (Wildman–Crippen LogP) is 2.01. The summed E-state index contributed by atoms with van der Waals surface area (Å²) in [5.41, 5.74) is 6.02. The van der Waals surface area contributed by atoms with Gasteiger partial charge in [-0.2, -0.15) is 21.4 Å². The molecule has 0 aliphatic heterocycles. The van der Waals surface area contributed by atoms with E-state index in [0.29, 0.717) is 17.3 Å². The molecule has 82 valence electrons. The number of nitrogen functional groups attached to an aromatic ring is 1. The maximum Gasteiger partial charge on any atom is 0.157 e. The molecule has 6 heteroatoms. The molecular weight excluding hydrogens is 228 g/mol. The van der Waals surface area contributed by atoms with E-state index in [1.165, 1.54) is 11.5 Å². The van der Waals surface area contributed by atoms with Gasteiger partial charge in [0.05, 0.1) is 0 Å². The first-order chi connectivity index (χ1) is 7.19. The Bertz CT molecular complexity index is 355. The average Bonchev–Trinajstić information content (AvgIpc) is 2.56. The minimum Gasteiger partial charge on any atom is -0.382 e. The van der Waals surface area contributed by atoms with Crippen LogP contribution in [-0.2, 0) is 0 Å². The van der Waals surface area contributed by atoms with Gasteiger partial charge in [0.25, 0.3) is 0 Å². The van der Waals surface area contributed by atoms with Crippen molar-refractivity contribution in [1.29, 1.82) is 5.26 Å². The third kappa shape index (κ3) is 3.29. The molecule has 0 spiro atoms. The molecule has 0 radical (unpaired) electrons. The lowest BCUT2D eigenvalue weighted by Gasteiger charge is -2.10. The quantitative estimate of drug-likeness (QED) is 0.826. The van der Waals surface area contributed by atoms with Crippen molar-refractivity contribution in [3.05, 3.63) is 5.56 Å². The van der Waals surface area contributed by atoms with Gasteiger partial charge in [-0.05, 0) is 29.5 Å². The van der Waals surface area contributed by atoms with Crippen molar-refractivity contribution in [3.8, 4) is 6.07 Å². The molecule has 1 unspecified atom stereocenters. The van der Waals surface area contributed by atoms with Gasteiger partial charge in [-0.15, -0.1) is 0 Å². The number of anilines is 2. The van der Waals surface area contributed by atoms with E-state index in [2.05, 4.69) is 28.9 Å². The SMILES string of the molecule is CSCC(C)CNc1snc(N)c1C#N. The molecule has 0 aromatic carbocycles. The van der Waals surface area contributed by atoms with Crippen LogP contribution in [0.1, 0.15) is 12.5 Å². The van der Waals surface area contributed by atoms with Gasteiger partial charge in [0.1, 0.15) is 16.6 Å². The first-order valence-corrected chi connectivity index (χ1v) is 6.73. The molecule has 3 N–H and O–H groups in total. The Labute approximate surface area is 98.0 Å². The molecule has 0 amide bonds. The third-order valence-corrected chi connectivity index (χ3v) is 3.61. The highest BCUT2D eigenvalue weighted by Crippen LogP contribution is 2.25. The van der Waals surface area contributed by atoms with E-state index < -0.39 is 0 Å². The maximum atomic E-state index is 8.85. The van der Waals surface area contributed by atoms with E-state index in [4.69, 9.17) is 11.0 Å². The van der Waals surface area contributed by atoms with E-state index in [1.807, 2.05) is 11.8 Å². The zero-order valence-corrected chi connectivity index (χ0v) is 10.4. The minimum absolute atomic E-state index is 0.322. The van der Waals surface area contributed by atoms with Crippen molar-refractivity contribution in [3.63, 3.8) is 0 Å². The Balaban J connectivity index is 2.54. The Kier molecular flexibility index (Phi) is 4.72. The summed E-state index contributed by atoms with van der Waals surface area (Å²) < 4.78 is 3.94. The molecule has 1 rings (SSSR count). The number of nitrogens with zero attached hydrogens (tertiary/aromatic N) is 2. The number of rotatable bonds is 5. The molecule has 0 aliphatic rings. The zero-order chi connectivity index (χ0) is 11.3. The lowest BCUT2D eigenvalue weighted by atomic mass is 10.2. The van der Waals surface area contributed by atoms with Crippen LogP contribution in [0.2, 0.25) is 0 Å². The number of nitrogens with one attached hydrogen (secondary N) is 1. The lowest BCUT2D eigenvalue weighted by Crippen LogP contribution is -2.13. The van der Waals surface area contributed by atoms with Crippen LogP contribution in [0.5, 0.6) is 0 Å². The number of hydrogen-bond acceptors (Lipinski definition) is 6. The molecule has 0 bridgehead atoms. The highest BCUT2D eigenvalue weighted by Gasteiger charge is 2.11. The lowest BCUT2D eigenvalue weighted by molar-refractivity contribution is 0.702. The molecule has 1 aromatic rings. The summed E-state index contributed by atoms with van der Waals surface area (Å²) in [5.74, 6) is 1.99. The van der Waals surface area contributed by atoms with E-state index in [9.17, 15) is 0 Å². The molecule has 0 saturated carbocycles. The normalized spacial score (nSPS) is 12.1. The topological polar surface area (TPSA) is 74.7 Å². The van der Waals surface area contributed by atoms with Crippen LogP contribution in [0.3, 0.4) is 0 Å². The van der Waals surface area contributed by atoms with Crippen LogP contribution in [0.15, 0.2) is 0 Å². The van der Waals surface area contributed by atoms with Gasteiger partial charge in [-0.1, -0.05) is 6.92 Å². The zero-order valence-electron chi connectivity index (χ0n) is 8.78. The Hall–Kier alpha value is -0.930. The van der Waals surface area contributed by atoms with Gasteiger partial charge in [-0.3, -0.25) is 0 Å². The fourth-order valence-electron chi connectivity index (χ4n) is 1.14. The Morgan fingerprint density at radius 1 is 1.73 bits per heavy atom. The smallest absolute Gasteiger partial charge is 0.157 e. The van der Waals surface area contributed by atoms with E-state index >= 15 is 0 Å². The van der Waals surface area contributed by atoms with Crippen molar-refractivity contribution < 1.29 is 0 Å². The maximum absolute atomic E-state index is 8.85. The second-order valence-corrected chi connectivity index (χ2v) is 5.01. The standard InChI is InChI=1S/C9H14N4S2/c1-6(5-14-2)4-12-9-7(3-10)8(11)13-15-9/h6,12H,4-5H2,1-2H3,(H2,11,13). The first-order valence-electron chi connectivity index (χ1n) is 4.57. The summed E-state index contributed by atoms with van der Waals surface area (Å²) >= 11 is 3.06. The summed E-state index contributed by atoms with van der Waals surface area (Å²) in [7, 11) is 0. The van der Waals surface area contributed by atoms with Gasteiger partial charge in [0.15, 0.2) is 5.82 Å². The monoisotopic (exact) mass is 242 g/mol. The first kappa shape index (κ1) is 12.1. The van der Waals surface area contributed by atoms with Gasteiger partial charge in [0, 0.05) is 6.54 Å². The van der Waals surface area contributed by atoms with Crippen LogP contribution in [0, 0.1) is 17.2 Å². The molecular formula is C9H14N4S2. The average molecular weight is 242 g/mol. The highest BCUT2D eigenvalue weighted by atomic mass is 32.2. The van der Waals surface area contributed by atoms with Crippen LogP contribution >= 0.6 is 23.3 Å². The van der Waals surface area contributed by atoms with Crippen LogP contribution < -0.4 is 11.1 Å². The second kappa shape index (κ2) is 5.83. The summed E-state index contributed by atoms with van der Waals surface area (Å²) in [6, 6.07) is 2.05. The number of thioether (sulfide) groups is 1. The molecule has 1 atom stereocenters. The molecule has 0 fully saturated rings. The van der Waals surface area contributed by atoms with E-state index in [1.54, 1.807) is 0 Å². The van der Waals surface area contributed by atoms with Crippen molar-refractivity contribution in [2.75, 3.05) is 29.6 Å². The van der Waals surface area contributed by atoms with Crippen molar-refractivity contribution >= 4 is 34.1 Å². The van der Waals surface area contributed by atoms with Gasteiger partial charge in [-0.25, -0.2) is 0 Å². The number of nitriles is 1.